The van der Waals surface area contributed by atoms with Crippen LogP contribution in [0.3, 0.4) is 0 Å². The quantitative estimate of drug-likeness (QED) is 0.835. The number of nitriles is 1. The number of carbonyl (C=O) groups excluding carboxylic acids is 1. The fourth-order valence-electron chi connectivity index (χ4n) is 3.40. The summed E-state index contributed by atoms with van der Waals surface area (Å²) in [7, 11) is 0. The molecule has 1 fully saturated rings. The molecule has 1 amide bonds. The molecule has 0 aromatic heterocycles. The van der Waals surface area contributed by atoms with E-state index in [9.17, 15) is 15.2 Å². The predicted octanol–water partition coefficient (Wildman–Crippen LogP) is 2.81. The van der Waals surface area contributed by atoms with Crippen LogP contribution in [0.5, 0.6) is 0 Å². The summed E-state index contributed by atoms with van der Waals surface area (Å²) < 4.78 is 0. The average molecular weight is 325 g/mol. The first-order chi connectivity index (χ1) is 11.7. The van der Waals surface area contributed by atoms with Crippen molar-refractivity contribution < 1.29 is 9.90 Å². The second kappa shape index (κ2) is 7.50. The van der Waals surface area contributed by atoms with E-state index < -0.39 is 0 Å². The maximum absolute atomic E-state index is 12.1. The molecule has 0 spiro atoms. The monoisotopic (exact) mass is 325 g/mol. The molecular formula is C19H23N3O2. The Morgan fingerprint density at radius 1 is 1.33 bits per heavy atom. The highest BCUT2D eigenvalue weighted by Crippen LogP contribution is 2.27. The molecule has 2 aliphatic rings. The summed E-state index contributed by atoms with van der Waals surface area (Å²) in [6.07, 6.45) is 8.01. The van der Waals surface area contributed by atoms with Crippen molar-refractivity contribution in [1.29, 1.82) is 5.26 Å². The van der Waals surface area contributed by atoms with Crippen molar-refractivity contribution in [3.63, 3.8) is 0 Å². The summed E-state index contributed by atoms with van der Waals surface area (Å²) in [4.78, 5) is 14.2. The van der Waals surface area contributed by atoms with Crippen LogP contribution in [-0.4, -0.2) is 30.2 Å². The van der Waals surface area contributed by atoms with E-state index in [0.717, 1.165) is 44.5 Å². The van der Waals surface area contributed by atoms with Crippen molar-refractivity contribution in [2.75, 3.05) is 23.3 Å². The number of carbonyl (C=O) groups is 1. The Morgan fingerprint density at radius 3 is 2.79 bits per heavy atom. The minimum Gasteiger partial charge on any atom is -0.393 e. The molecule has 1 aromatic carbocycles. The van der Waals surface area contributed by atoms with Gasteiger partial charge in [0.25, 0.3) is 0 Å². The lowest BCUT2D eigenvalue weighted by atomic mass is 10.0. The van der Waals surface area contributed by atoms with E-state index in [1.54, 1.807) is 6.07 Å². The van der Waals surface area contributed by atoms with Gasteiger partial charge in [0.05, 0.1) is 17.4 Å². The van der Waals surface area contributed by atoms with E-state index in [-0.39, 0.29) is 12.0 Å². The van der Waals surface area contributed by atoms with Gasteiger partial charge >= 0.3 is 0 Å². The van der Waals surface area contributed by atoms with Gasteiger partial charge in [-0.25, -0.2) is 0 Å². The van der Waals surface area contributed by atoms with Crippen LogP contribution in [0.1, 0.15) is 37.7 Å². The summed E-state index contributed by atoms with van der Waals surface area (Å²) in [5.74, 6) is 0.323. The maximum Gasteiger partial charge on any atom is 0.224 e. The second-order valence-electron chi connectivity index (χ2n) is 6.58. The number of hydrogen-bond acceptors (Lipinski definition) is 4. The van der Waals surface area contributed by atoms with Crippen LogP contribution in [0.15, 0.2) is 30.4 Å². The number of rotatable bonds is 4. The highest BCUT2D eigenvalue weighted by molar-refractivity contribution is 5.91. The van der Waals surface area contributed by atoms with Crippen LogP contribution in [0.4, 0.5) is 11.4 Å². The first-order valence-electron chi connectivity index (χ1n) is 8.59. The number of aliphatic hydroxyl groups excluding tert-OH is 1. The lowest BCUT2D eigenvalue weighted by Gasteiger charge is -2.32. The van der Waals surface area contributed by atoms with Crippen LogP contribution in [0.25, 0.3) is 0 Å². The standard InChI is InChI=1S/C19H23N3O2/c20-13-15-12-16(21-19(24)11-14-3-1-2-4-14)5-6-18(15)22-9-7-17(23)8-10-22/h1,3,5-6,12,14,17,23H,2,4,7-11H2,(H,21,24). The fraction of sp³-hybridized carbons (Fsp3) is 0.474. The summed E-state index contributed by atoms with van der Waals surface area (Å²) in [6, 6.07) is 7.70. The van der Waals surface area contributed by atoms with Gasteiger partial charge in [0.2, 0.25) is 5.91 Å². The number of amides is 1. The molecule has 2 N–H and O–H groups in total. The smallest absolute Gasteiger partial charge is 0.224 e. The second-order valence-corrected chi connectivity index (χ2v) is 6.58. The zero-order valence-corrected chi connectivity index (χ0v) is 13.7. The summed E-state index contributed by atoms with van der Waals surface area (Å²) in [6.45, 7) is 1.49. The van der Waals surface area contributed by atoms with Gasteiger partial charge in [-0.15, -0.1) is 0 Å². The molecule has 5 heteroatoms. The SMILES string of the molecule is N#Cc1cc(NC(=O)CC2C=CCC2)ccc1N1CCC(O)CC1. The van der Waals surface area contributed by atoms with Crippen molar-refractivity contribution in [2.45, 2.75) is 38.2 Å². The normalized spacial score (nSPS) is 20.8. The van der Waals surface area contributed by atoms with Gasteiger partial charge in [0, 0.05) is 25.2 Å². The van der Waals surface area contributed by atoms with Crippen LogP contribution in [0, 0.1) is 17.2 Å². The predicted molar refractivity (Wildman–Crippen MR) is 93.7 cm³/mol. The molecule has 1 saturated heterocycles. The number of allylic oxidation sites excluding steroid dienone is 2. The Morgan fingerprint density at radius 2 is 2.12 bits per heavy atom. The number of hydrogen-bond donors (Lipinski definition) is 2. The molecular weight excluding hydrogens is 302 g/mol. The van der Waals surface area contributed by atoms with E-state index in [1.165, 1.54) is 0 Å². The van der Waals surface area contributed by atoms with Gasteiger partial charge in [-0.05, 0) is 49.8 Å². The Kier molecular flexibility index (Phi) is 5.17. The molecule has 0 radical (unpaired) electrons. The van der Waals surface area contributed by atoms with E-state index in [2.05, 4.69) is 28.4 Å². The van der Waals surface area contributed by atoms with Crippen LogP contribution < -0.4 is 10.2 Å². The van der Waals surface area contributed by atoms with Gasteiger partial charge in [-0.3, -0.25) is 4.79 Å². The fourth-order valence-corrected chi connectivity index (χ4v) is 3.40. The highest BCUT2D eigenvalue weighted by atomic mass is 16.3. The molecule has 5 nitrogen and oxygen atoms in total. The Bertz CT molecular complexity index is 670. The lowest BCUT2D eigenvalue weighted by Crippen LogP contribution is -2.36. The number of anilines is 2. The molecule has 126 valence electrons. The number of nitrogens with one attached hydrogen (secondary N) is 1. The summed E-state index contributed by atoms with van der Waals surface area (Å²) in [5, 5.41) is 22.0. The molecule has 1 aliphatic heterocycles. The van der Waals surface area contributed by atoms with Gasteiger partial charge < -0.3 is 15.3 Å². The molecule has 1 heterocycles. The van der Waals surface area contributed by atoms with Crippen LogP contribution in [-0.2, 0) is 4.79 Å². The third-order valence-electron chi connectivity index (χ3n) is 4.77. The van der Waals surface area contributed by atoms with Gasteiger partial charge in [0.15, 0.2) is 0 Å². The third kappa shape index (κ3) is 3.95. The Hall–Kier alpha value is -2.32. The van der Waals surface area contributed by atoms with Crippen molar-refractivity contribution in [2.24, 2.45) is 5.92 Å². The number of benzene rings is 1. The molecule has 24 heavy (non-hydrogen) atoms. The molecule has 1 aliphatic carbocycles. The number of nitrogens with zero attached hydrogens (tertiary/aromatic N) is 2. The Balaban J connectivity index is 1.66. The zero-order chi connectivity index (χ0) is 16.9. The summed E-state index contributed by atoms with van der Waals surface area (Å²) >= 11 is 0. The van der Waals surface area contributed by atoms with E-state index >= 15 is 0 Å². The zero-order valence-electron chi connectivity index (χ0n) is 13.7. The van der Waals surface area contributed by atoms with Gasteiger partial charge in [-0.1, -0.05) is 12.2 Å². The van der Waals surface area contributed by atoms with Gasteiger partial charge in [0.1, 0.15) is 6.07 Å². The lowest BCUT2D eigenvalue weighted by molar-refractivity contribution is -0.116. The average Bonchev–Trinajstić information content (AvgIpc) is 3.08. The van der Waals surface area contributed by atoms with Crippen molar-refractivity contribution in [3.8, 4) is 6.07 Å². The molecule has 1 atom stereocenters. The molecule has 0 saturated carbocycles. The summed E-state index contributed by atoms with van der Waals surface area (Å²) in [5.41, 5.74) is 2.10. The maximum atomic E-state index is 12.1. The van der Waals surface area contributed by atoms with Crippen molar-refractivity contribution in [1.82, 2.24) is 0 Å². The van der Waals surface area contributed by atoms with E-state index in [1.807, 2.05) is 12.1 Å². The molecule has 1 unspecified atom stereocenters. The van der Waals surface area contributed by atoms with E-state index in [4.69, 9.17) is 0 Å². The largest absolute Gasteiger partial charge is 0.393 e. The third-order valence-corrected chi connectivity index (χ3v) is 4.77. The van der Waals surface area contributed by atoms with Gasteiger partial charge in [-0.2, -0.15) is 5.26 Å². The first kappa shape index (κ1) is 16.5. The number of piperidine rings is 1. The molecule has 1 aromatic rings. The minimum atomic E-state index is -0.241. The Labute approximate surface area is 142 Å². The van der Waals surface area contributed by atoms with E-state index in [0.29, 0.717) is 23.6 Å². The van der Waals surface area contributed by atoms with Crippen LogP contribution >= 0.6 is 0 Å². The molecule has 3 rings (SSSR count). The first-order valence-corrected chi connectivity index (χ1v) is 8.59. The van der Waals surface area contributed by atoms with Crippen LogP contribution in [0.2, 0.25) is 0 Å². The van der Waals surface area contributed by atoms with Crippen molar-refractivity contribution >= 4 is 17.3 Å². The topological polar surface area (TPSA) is 76.4 Å². The van der Waals surface area contributed by atoms with Crippen molar-refractivity contribution in [3.05, 3.63) is 35.9 Å². The highest BCUT2D eigenvalue weighted by Gasteiger charge is 2.20. The number of aliphatic hydroxyl groups is 1. The minimum absolute atomic E-state index is 0.00992. The molecule has 0 bridgehead atoms.